The average Bonchev–Trinajstić information content (AvgIpc) is 2.99. The van der Waals surface area contributed by atoms with E-state index < -0.39 is 0 Å². The number of nitrogens with two attached hydrogens (primary N) is 1. The van der Waals surface area contributed by atoms with Gasteiger partial charge in [-0.1, -0.05) is 30.2 Å². The second-order valence-electron chi connectivity index (χ2n) is 7.63. The molecule has 28 heavy (non-hydrogen) atoms. The summed E-state index contributed by atoms with van der Waals surface area (Å²) in [6.07, 6.45) is 1.47. The summed E-state index contributed by atoms with van der Waals surface area (Å²) in [7, 11) is 0. The third-order valence-electron chi connectivity index (χ3n) is 5.11. The number of hydrogen-bond donors (Lipinski definition) is 2. The van der Waals surface area contributed by atoms with Crippen LogP contribution in [0.5, 0.6) is 0 Å². The van der Waals surface area contributed by atoms with Gasteiger partial charge in [-0.3, -0.25) is 4.79 Å². The van der Waals surface area contributed by atoms with Gasteiger partial charge in [-0.2, -0.15) is 0 Å². The number of aromatic nitrogens is 1. The first-order valence-corrected chi connectivity index (χ1v) is 10.0. The van der Waals surface area contributed by atoms with E-state index in [1.807, 2.05) is 13.8 Å². The molecule has 148 valence electrons. The maximum absolute atomic E-state index is 12.0. The lowest BCUT2D eigenvalue weighted by Gasteiger charge is -2.11. The lowest BCUT2D eigenvalue weighted by atomic mass is 9.96. The normalized spacial score (nSPS) is 12.3. The molecule has 3 N–H and O–H groups in total. The van der Waals surface area contributed by atoms with E-state index >= 15 is 0 Å². The van der Waals surface area contributed by atoms with E-state index in [9.17, 15) is 4.79 Å². The number of aromatic amines is 1. The number of H-pyrrole nitrogens is 1. The first-order valence-electron chi connectivity index (χ1n) is 10.0. The summed E-state index contributed by atoms with van der Waals surface area (Å²) in [5.74, 6) is -0.303. The van der Waals surface area contributed by atoms with Gasteiger partial charge in [-0.25, -0.2) is 0 Å². The van der Waals surface area contributed by atoms with Gasteiger partial charge >= 0.3 is 5.97 Å². The van der Waals surface area contributed by atoms with Gasteiger partial charge in [0.15, 0.2) is 0 Å². The van der Waals surface area contributed by atoms with E-state index in [1.54, 1.807) is 0 Å². The van der Waals surface area contributed by atoms with Crippen molar-refractivity contribution in [1.29, 1.82) is 0 Å². The van der Waals surface area contributed by atoms with Crippen LogP contribution in [-0.4, -0.2) is 24.1 Å². The Morgan fingerprint density at radius 3 is 2.50 bits per heavy atom. The Labute approximate surface area is 167 Å². The molecule has 1 atom stereocenters. The summed E-state index contributed by atoms with van der Waals surface area (Å²) in [6, 6.07) is 13.0. The molecule has 0 saturated heterocycles. The molecule has 1 heterocycles. The molecule has 1 aromatic heterocycles. The molecule has 0 aliphatic rings. The van der Waals surface area contributed by atoms with Gasteiger partial charge in [0.2, 0.25) is 0 Å². The fourth-order valence-electron chi connectivity index (χ4n) is 3.91. The number of rotatable bonds is 7. The standard InChI is InChI=1S/C24H30N2O2/c1-5-28-24(27)17(4)13-18-6-7-22-21(14-18)20(8-9-25)23(26-22)19-11-15(2)10-16(3)12-19/h6-7,10-12,14,17,26H,5,8-9,13,25H2,1-4H3. The largest absolute Gasteiger partial charge is 0.466 e. The van der Waals surface area contributed by atoms with Crippen LogP contribution in [0.3, 0.4) is 0 Å². The predicted molar refractivity (Wildman–Crippen MR) is 115 cm³/mol. The van der Waals surface area contributed by atoms with Crippen LogP contribution in [0.1, 0.15) is 36.1 Å². The topological polar surface area (TPSA) is 68.1 Å². The zero-order chi connectivity index (χ0) is 20.3. The van der Waals surface area contributed by atoms with E-state index in [2.05, 4.69) is 55.2 Å². The highest BCUT2D eigenvalue weighted by Gasteiger charge is 2.17. The summed E-state index contributed by atoms with van der Waals surface area (Å²) in [5, 5.41) is 1.19. The molecular formula is C24H30N2O2. The lowest BCUT2D eigenvalue weighted by Crippen LogP contribution is -2.16. The number of benzene rings is 2. The fraction of sp³-hybridized carbons (Fsp3) is 0.375. The summed E-state index contributed by atoms with van der Waals surface area (Å²) in [6.45, 7) is 9.01. The SMILES string of the molecule is CCOC(=O)C(C)Cc1ccc2[nH]c(-c3cc(C)cc(C)c3)c(CCN)c2c1. The predicted octanol–water partition coefficient (Wildman–Crippen LogP) is 4.69. The number of hydrogen-bond acceptors (Lipinski definition) is 3. The molecule has 0 aliphatic carbocycles. The van der Waals surface area contributed by atoms with E-state index in [4.69, 9.17) is 10.5 Å². The maximum Gasteiger partial charge on any atom is 0.308 e. The number of nitrogens with one attached hydrogen (secondary N) is 1. The van der Waals surface area contributed by atoms with Gasteiger partial charge in [0.05, 0.1) is 12.5 Å². The molecule has 0 amide bonds. The van der Waals surface area contributed by atoms with Crippen molar-refractivity contribution in [3.63, 3.8) is 0 Å². The van der Waals surface area contributed by atoms with Crippen molar-refractivity contribution in [2.75, 3.05) is 13.2 Å². The maximum atomic E-state index is 12.0. The Kier molecular flexibility index (Phi) is 6.20. The minimum atomic E-state index is -0.159. The first-order chi connectivity index (χ1) is 13.4. The number of carbonyl (C=O) groups excluding carboxylic acids is 1. The van der Waals surface area contributed by atoms with Crippen LogP contribution in [0.15, 0.2) is 36.4 Å². The molecule has 0 radical (unpaired) electrons. The molecule has 3 aromatic rings. The van der Waals surface area contributed by atoms with Crippen LogP contribution in [0.25, 0.3) is 22.2 Å². The van der Waals surface area contributed by atoms with Crippen molar-refractivity contribution < 1.29 is 9.53 Å². The molecule has 0 saturated carbocycles. The van der Waals surface area contributed by atoms with Crippen LogP contribution < -0.4 is 5.73 Å². The molecule has 4 nitrogen and oxygen atoms in total. The van der Waals surface area contributed by atoms with Crippen molar-refractivity contribution in [1.82, 2.24) is 4.98 Å². The molecule has 0 fully saturated rings. The van der Waals surface area contributed by atoms with Crippen molar-refractivity contribution >= 4 is 16.9 Å². The number of fused-ring (bicyclic) bond motifs is 1. The summed E-state index contributed by atoms with van der Waals surface area (Å²) >= 11 is 0. The number of carbonyl (C=O) groups is 1. The van der Waals surface area contributed by atoms with Gasteiger partial charge in [-0.05, 0) is 81.1 Å². The van der Waals surface area contributed by atoms with Crippen LogP contribution in [0, 0.1) is 19.8 Å². The molecule has 2 aromatic carbocycles. The summed E-state index contributed by atoms with van der Waals surface area (Å²) < 4.78 is 5.15. The molecule has 0 spiro atoms. The summed E-state index contributed by atoms with van der Waals surface area (Å²) in [4.78, 5) is 15.6. The van der Waals surface area contributed by atoms with Gasteiger partial charge in [0, 0.05) is 16.6 Å². The van der Waals surface area contributed by atoms with Crippen molar-refractivity contribution in [3.8, 4) is 11.3 Å². The van der Waals surface area contributed by atoms with E-state index in [0.717, 1.165) is 23.2 Å². The highest BCUT2D eigenvalue weighted by molar-refractivity contribution is 5.91. The molecule has 0 bridgehead atoms. The van der Waals surface area contributed by atoms with E-state index in [-0.39, 0.29) is 11.9 Å². The van der Waals surface area contributed by atoms with Crippen molar-refractivity contribution in [3.05, 3.63) is 58.7 Å². The third kappa shape index (κ3) is 4.28. The smallest absolute Gasteiger partial charge is 0.308 e. The van der Waals surface area contributed by atoms with Crippen molar-refractivity contribution in [2.24, 2.45) is 11.7 Å². The minimum absolute atomic E-state index is 0.144. The average molecular weight is 379 g/mol. The Hall–Kier alpha value is -2.59. The molecule has 1 unspecified atom stereocenters. The highest BCUT2D eigenvalue weighted by Crippen LogP contribution is 2.32. The van der Waals surface area contributed by atoms with Crippen molar-refractivity contribution in [2.45, 2.75) is 40.5 Å². The highest BCUT2D eigenvalue weighted by atomic mass is 16.5. The lowest BCUT2D eigenvalue weighted by molar-refractivity contribution is -0.147. The van der Waals surface area contributed by atoms with E-state index in [0.29, 0.717) is 19.6 Å². The minimum Gasteiger partial charge on any atom is -0.466 e. The van der Waals surface area contributed by atoms with Gasteiger partial charge in [-0.15, -0.1) is 0 Å². The Bertz CT molecular complexity index is 967. The Balaban J connectivity index is 2.03. The fourth-order valence-corrected chi connectivity index (χ4v) is 3.91. The molecule has 3 rings (SSSR count). The second kappa shape index (κ2) is 8.61. The van der Waals surface area contributed by atoms with Gasteiger partial charge < -0.3 is 15.5 Å². The number of ether oxygens (including phenoxy) is 1. The molecule has 4 heteroatoms. The van der Waals surface area contributed by atoms with Crippen LogP contribution >= 0.6 is 0 Å². The zero-order valence-electron chi connectivity index (χ0n) is 17.3. The number of aryl methyl sites for hydroxylation is 2. The Morgan fingerprint density at radius 2 is 1.86 bits per heavy atom. The zero-order valence-corrected chi connectivity index (χ0v) is 17.3. The molecule has 0 aliphatic heterocycles. The first kappa shape index (κ1) is 20.2. The van der Waals surface area contributed by atoms with Crippen LogP contribution in [0.2, 0.25) is 0 Å². The number of esters is 1. The van der Waals surface area contributed by atoms with Gasteiger partial charge in [0.1, 0.15) is 0 Å². The molecular weight excluding hydrogens is 348 g/mol. The van der Waals surface area contributed by atoms with Gasteiger partial charge in [0.25, 0.3) is 0 Å². The second-order valence-corrected chi connectivity index (χ2v) is 7.63. The van der Waals surface area contributed by atoms with E-state index in [1.165, 1.54) is 27.6 Å². The third-order valence-corrected chi connectivity index (χ3v) is 5.11. The summed E-state index contributed by atoms with van der Waals surface area (Å²) in [5.41, 5.74) is 14.2. The van der Waals surface area contributed by atoms with Crippen LogP contribution in [0.4, 0.5) is 0 Å². The quantitative estimate of drug-likeness (QED) is 0.586. The van der Waals surface area contributed by atoms with Crippen LogP contribution in [-0.2, 0) is 22.4 Å². The monoisotopic (exact) mass is 378 g/mol. The Morgan fingerprint density at radius 1 is 1.14 bits per heavy atom.